The summed E-state index contributed by atoms with van der Waals surface area (Å²) in [5, 5.41) is 0. The summed E-state index contributed by atoms with van der Waals surface area (Å²) in [6, 6.07) is 28.0. The van der Waals surface area contributed by atoms with Gasteiger partial charge >= 0.3 is 70.3 Å². The molecule has 0 radical (unpaired) electrons. The minimum Gasteiger partial charge on any atom is -1.00 e. The predicted molar refractivity (Wildman–Crippen MR) is 164 cm³/mol. The first-order chi connectivity index (χ1) is 17.7. The summed E-state index contributed by atoms with van der Waals surface area (Å²) < 4.78 is 2.19. The molecule has 0 spiro atoms. The van der Waals surface area contributed by atoms with Gasteiger partial charge in [-0.05, 0) is 17.4 Å². The van der Waals surface area contributed by atoms with Crippen LogP contribution < -0.4 is 24.8 Å². The quantitative estimate of drug-likeness (QED) is 0.243. The second kappa shape index (κ2) is 15.0. The molecule has 0 atom stereocenters. The number of halogens is 2. The van der Waals surface area contributed by atoms with Crippen molar-refractivity contribution in [1.82, 2.24) is 0 Å². The van der Waals surface area contributed by atoms with Crippen LogP contribution in [0.25, 0.3) is 11.1 Å². The van der Waals surface area contributed by atoms with E-state index in [1.165, 1.54) is 85.4 Å². The molecule has 4 aromatic rings. The molecule has 0 fully saturated rings. The molecule has 0 N–H and O–H groups in total. The maximum atomic E-state index is 3.53. The zero-order valence-corrected chi connectivity index (χ0v) is 29.9. The fourth-order valence-electron chi connectivity index (χ4n) is 4.60. The van der Waals surface area contributed by atoms with E-state index in [0.29, 0.717) is 0 Å². The molecule has 0 bridgehead atoms. The molecule has 212 valence electrons. The number of hydrogen-bond donors (Lipinski definition) is 0. The predicted octanol–water partition coefficient (Wildman–Crippen LogP) is 3.68. The Balaban J connectivity index is 0.000000350. The molecule has 1 aliphatic carbocycles. The van der Waals surface area contributed by atoms with E-state index in [2.05, 4.69) is 146 Å². The normalized spacial score (nSPS) is 11.4. The van der Waals surface area contributed by atoms with Gasteiger partial charge in [-0.3, -0.25) is 0 Å². The smallest absolute Gasteiger partial charge is 1.00 e. The summed E-state index contributed by atoms with van der Waals surface area (Å²) in [6.07, 6.45) is 1.03. The number of benzene rings is 3. The molecule has 0 saturated heterocycles. The average molecular weight is 651 g/mol. The molecular formula is C37H44Cl2Zr-2. The fraction of sp³-hybridized carbons (Fsp3) is 0.351. The molecule has 0 nitrogen and oxygen atoms in total. The first-order valence-electron chi connectivity index (χ1n) is 13.7. The molecule has 0 heterocycles. The Morgan fingerprint density at radius 2 is 1.32 bits per heavy atom. The van der Waals surface area contributed by atoms with Crippen molar-refractivity contribution < 1.29 is 49.0 Å². The number of rotatable bonds is 1. The van der Waals surface area contributed by atoms with Gasteiger partial charge in [0, 0.05) is 0 Å². The minimum absolute atomic E-state index is 0. The van der Waals surface area contributed by atoms with E-state index in [-0.39, 0.29) is 35.6 Å². The van der Waals surface area contributed by atoms with Gasteiger partial charge in [0.2, 0.25) is 0 Å². The minimum atomic E-state index is 0. The summed E-state index contributed by atoms with van der Waals surface area (Å²) in [5.74, 6) is 0. The summed E-state index contributed by atoms with van der Waals surface area (Å²) in [6.45, 7) is 22.2. The van der Waals surface area contributed by atoms with Crippen LogP contribution in [-0.4, -0.2) is 3.71 Å². The summed E-state index contributed by atoms with van der Waals surface area (Å²) in [5.41, 5.74) is 15.6. The van der Waals surface area contributed by atoms with Crippen LogP contribution in [0.1, 0.15) is 91.6 Å². The van der Waals surface area contributed by atoms with E-state index >= 15 is 0 Å². The molecule has 5 rings (SSSR count). The molecule has 0 aliphatic heterocycles. The molecule has 0 amide bonds. The van der Waals surface area contributed by atoms with Gasteiger partial charge in [-0.2, -0.15) is 52.1 Å². The van der Waals surface area contributed by atoms with Crippen LogP contribution in [0, 0.1) is 33.8 Å². The van der Waals surface area contributed by atoms with Crippen LogP contribution in [0.15, 0.2) is 66.7 Å². The number of aryl methyl sites for hydroxylation is 4. The molecule has 0 unspecified atom stereocenters. The monoisotopic (exact) mass is 648 g/mol. The molecule has 4 aromatic carbocycles. The molecular weight excluding hydrogens is 607 g/mol. The van der Waals surface area contributed by atoms with Crippen molar-refractivity contribution in [1.29, 1.82) is 0 Å². The molecule has 40 heavy (non-hydrogen) atoms. The summed E-state index contributed by atoms with van der Waals surface area (Å²) >= 11 is 1.47. The first kappa shape index (κ1) is 36.4. The largest absolute Gasteiger partial charge is 1.00 e. The summed E-state index contributed by atoms with van der Waals surface area (Å²) in [4.78, 5) is 0. The van der Waals surface area contributed by atoms with E-state index in [1.807, 2.05) is 0 Å². The maximum Gasteiger partial charge on any atom is -1.00 e. The van der Waals surface area contributed by atoms with Crippen molar-refractivity contribution in [3.8, 4) is 11.1 Å². The second-order valence-electron chi connectivity index (χ2n) is 12.8. The van der Waals surface area contributed by atoms with Gasteiger partial charge in [0.25, 0.3) is 0 Å². The Morgan fingerprint density at radius 3 is 1.77 bits per heavy atom. The van der Waals surface area contributed by atoms with Crippen molar-refractivity contribution in [2.24, 2.45) is 0 Å². The molecule has 3 heteroatoms. The van der Waals surface area contributed by atoms with Crippen molar-refractivity contribution in [2.75, 3.05) is 0 Å². The standard InChI is InChI=1S/C21H25.C8H11.C8H8.2ClH.Zr/c1-20(2,3)16-9-7-14-11-15-8-10-17(21(4,5)6)13-19(15)18(14)12-16;1-6-4-7(2)8(3)5-6;1-7-3-5-8(2)6-4-7;;;/h7,9-10,12-13H,11H2,1-6H3;4-5H,1-3H3;1,3-6H,2H3;2*1H;/q2*-1;;;;+2/p-2. The third kappa shape index (κ3) is 9.72. The van der Waals surface area contributed by atoms with Crippen molar-refractivity contribution in [2.45, 2.75) is 86.5 Å². The van der Waals surface area contributed by atoms with Crippen LogP contribution in [0.4, 0.5) is 0 Å². The van der Waals surface area contributed by atoms with Gasteiger partial charge in [-0.25, -0.2) is 6.07 Å². The van der Waals surface area contributed by atoms with Crippen LogP contribution in [0.5, 0.6) is 0 Å². The van der Waals surface area contributed by atoms with Gasteiger partial charge in [-0.15, -0.1) is 5.56 Å². The van der Waals surface area contributed by atoms with E-state index in [1.54, 1.807) is 0 Å². The second-order valence-corrected chi connectivity index (χ2v) is 13.5. The topological polar surface area (TPSA) is 0 Å². The van der Waals surface area contributed by atoms with Gasteiger partial charge in [0.05, 0.1) is 0 Å². The van der Waals surface area contributed by atoms with Crippen molar-refractivity contribution in [3.05, 3.63) is 123 Å². The van der Waals surface area contributed by atoms with Gasteiger partial charge < -0.3 is 24.8 Å². The van der Waals surface area contributed by atoms with E-state index in [0.717, 1.165) is 6.42 Å². The Labute approximate surface area is 271 Å². The summed E-state index contributed by atoms with van der Waals surface area (Å²) in [7, 11) is 0. The fourth-order valence-corrected chi connectivity index (χ4v) is 5.07. The van der Waals surface area contributed by atoms with E-state index in [4.69, 9.17) is 0 Å². The van der Waals surface area contributed by atoms with Gasteiger partial charge in [0.15, 0.2) is 0 Å². The Bertz CT molecular complexity index is 1310. The third-order valence-electron chi connectivity index (χ3n) is 7.28. The van der Waals surface area contributed by atoms with Crippen LogP contribution in [-0.2, 0) is 41.5 Å². The third-order valence-corrected chi connectivity index (χ3v) is 8.10. The Kier molecular flexibility index (Phi) is 13.6. The number of fused-ring (bicyclic) bond motifs is 3. The van der Waals surface area contributed by atoms with Gasteiger partial charge in [-0.1, -0.05) is 97.1 Å². The van der Waals surface area contributed by atoms with Crippen LogP contribution >= 0.6 is 0 Å². The van der Waals surface area contributed by atoms with E-state index < -0.39 is 0 Å². The van der Waals surface area contributed by atoms with Gasteiger partial charge in [0.1, 0.15) is 0 Å². The SMILES string of the molecule is CC(C)(C)c1c[c-]c2c(c1)-c1cc(C(C)(C)C)ccc1C2.Cc1cc(C)c(C)[cH-]1.Cc1ccc([CH]=[Zr+2])cc1.[Cl-].[Cl-]. The van der Waals surface area contributed by atoms with Crippen molar-refractivity contribution >= 4 is 3.71 Å². The van der Waals surface area contributed by atoms with Crippen LogP contribution in [0.2, 0.25) is 0 Å². The van der Waals surface area contributed by atoms with Crippen LogP contribution in [0.3, 0.4) is 0 Å². The van der Waals surface area contributed by atoms with Crippen molar-refractivity contribution in [3.63, 3.8) is 0 Å². The first-order valence-corrected chi connectivity index (χ1v) is 15.1. The Morgan fingerprint density at radius 1 is 0.750 bits per heavy atom. The zero-order valence-electron chi connectivity index (χ0n) is 25.9. The molecule has 0 aromatic heterocycles. The maximum absolute atomic E-state index is 3.53. The zero-order chi connectivity index (χ0) is 28.3. The Hall–Kier alpha value is -1.66. The molecule has 0 saturated carbocycles. The van der Waals surface area contributed by atoms with E-state index in [9.17, 15) is 0 Å². The number of hydrogen-bond acceptors (Lipinski definition) is 0. The molecule has 1 aliphatic rings. The average Bonchev–Trinajstić information content (AvgIpc) is 3.35.